The maximum Gasteiger partial charge on any atom is 0.338 e. The van der Waals surface area contributed by atoms with Gasteiger partial charge in [-0.3, -0.25) is 19.2 Å². The van der Waals surface area contributed by atoms with Gasteiger partial charge in [-0.2, -0.15) is 0 Å². The van der Waals surface area contributed by atoms with Gasteiger partial charge < -0.3 is 43.7 Å². The van der Waals surface area contributed by atoms with Crippen molar-refractivity contribution in [3.05, 3.63) is 48.0 Å². The van der Waals surface area contributed by atoms with Gasteiger partial charge in [0.15, 0.2) is 12.2 Å². The monoisotopic (exact) mass is 688 g/mol. The predicted octanol–water partition coefficient (Wildman–Crippen LogP) is 1.41. The molecular weight excluding hydrogens is 644 g/mol. The van der Waals surface area contributed by atoms with Crippen molar-refractivity contribution in [1.82, 2.24) is 0 Å². The van der Waals surface area contributed by atoms with E-state index >= 15 is 0 Å². The molecule has 5 rings (SSSR count). The second kappa shape index (κ2) is 12.8. The topological polar surface area (TPSA) is 201 Å². The Morgan fingerprint density at radius 3 is 2.00 bits per heavy atom. The van der Waals surface area contributed by atoms with Crippen molar-refractivity contribution in [1.29, 1.82) is 0 Å². The Bertz CT molecular complexity index is 1530. The predicted molar refractivity (Wildman–Crippen MR) is 166 cm³/mol. The molecule has 0 aromatic heterocycles. The summed E-state index contributed by atoms with van der Waals surface area (Å²) in [6.07, 6.45) is -9.90. The van der Waals surface area contributed by atoms with Crippen LogP contribution in [0, 0.1) is 22.7 Å². The standard InChI is InChI=1S/C35H44O14/c1-17-24(40)14-26(46-18(2)36)34(16-44-31(42)22-11-9-8-10-12-22)27(17)28(47-19(3)37)23-13-25(41)33(7)35(43,32(23,6)15-45-33)30(49-21(5)39)29(34)48-20(4)38/h8-12,23-30,40-41,43H,1,13-16H2,2-7H3/t23?,24?,25?,26?,27?,28?,29?,30?,32-,33-,34-,35+/m1/s1. The summed E-state index contributed by atoms with van der Waals surface area (Å²) in [6, 6.07) is 7.92. The number of hydrogen-bond acceptors (Lipinski definition) is 14. The minimum Gasteiger partial charge on any atom is -0.462 e. The molecule has 0 radical (unpaired) electrons. The number of aliphatic hydroxyl groups excluding tert-OH is 2. The van der Waals surface area contributed by atoms with Gasteiger partial charge in [0, 0.05) is 51.4 Å². The molecule has 3 N–H and O–H groups in total. The third-order valence-electron chi connectivity index (χ3n) is 11.3. The molecule has 0 amide bonds. The molecule has 4 fully saturated rings. The lowest BCUT2D eigenvalue weighted by molar-refractivity contribution is -0.323. The van der Waals surface area contributed by atoms with Crippen LogP contribution in [-0.4, -0.2) is 106 Å². The summed E-state index contributed by atoms with van der Waals surface area (Å²) in [5.41, 5.74) is -7.58. The molecule has 4 bridgehead atoms. The van der Waals surface area contributed by atoms with Crippen LogP contribution in [0.3, 0.4) is 0 Å². The first kappa shape index (κ1) is 36.4. The summed E-state index contributed by atoms with van der Waals surface area (Å²) >= 11 is 0. The van der Waals surface area contributed by atoms with Crippen LogP contribution >= 0.6 is 0 Å². The molecule has 1 heterocycles. The van der Waals surface area contributed by atoms with E-state index in [4.69, 9.17) is 28.4 Å². The lowest BCUT2D eigenvalue weighted by atomic mass is 9.43. The summed E-state index contributed by atoms with van der Waals surface area (Å²) in [4.78, 5) is 65.4. The van der Waals surface area contributed by atoms with Crippen molar-refractivity contribution in [2.45, 2.75) is 102 Å². The van der Waals surface area contributed by atoms with Gasteiger partial charge in [0.05, 0.1) is 29.8 Å². The Balaban J connectivity index is 1.90. The summed E-state index contributed by atoms with van der Waals surface area (Å²) in [5.74, 6) is -6.66. The number of esters is 5. The zero-order valence-electron chi connectivity index (χ0n) is 28.4. The van der Waals surface area contributed by atoms with E-state index in [0.717, 1.165) is 27.7 Å². The van der Waals surface area contributed by atoms with Crippen molar-refractivity contribution in [2.75, 3.05) is 13.2 Å². The fraction of sp³-hybridized carbons (Fsp3) is 0.629. The minimum absolute atomic E-state index is 0.0416. The molecule has 1 saturated heterocycles. The van der Waals surface area contributed by atoms with Crippen LogP contribution in [0.2, 0.25) is 0 Å². The second-order valence-electron chi connectivity index (χ2n) is 14.0. The molecule has 3 saturated carbocycles. The first-order valence-electron chi connectivity index (χ1n) is 16.2. The first-order valence-corrected chi connectivity index (χ1v) is 16.2. The maximum absolute atomic E-state index is 13.6. The quantitative estimate of drug-likeness (QED) is 0.211. The average Bonchev–Trinajstić information content (AvgIpc) is 3.16. The number of benzene rings is 1. The number of carbonyl (C=O) groups is 5. The SMILES string of the molecule is C=C1C(O)CC(OC(C)=O)[C@@]2(COC(=O)c3ccccc3)C(OC(C)=O)C(OC(C)=O)[C@]3(O)[C@]4(C)CO[C@]3(C)C(O)CC4C(OC(C)=O)C12. The van der Waals surface area contributed by atoms with E-state index in [1.54, 1.807) is 25.1 Å². The highest BCUT2D eigenvalue weighted by atomic mass is 16.6. The van der Waals surface area contributed by atoms with E-state index in [1.807, 2.05) is 0 Å². The highest BCUT2D eigenvalue weighted by Crippen LogP contribution is 2.68. The van der Waals surface area contributed by atoms with E-state index in [9.17, 15) is 39.3 Å². The Morgan fingerprint density at radius 2 is 1.43 bits per heavy atom. The van der Waals surface area contributed by atoms with Crippen LogP contribution in [0.15, 0.2) is 42.5 Å². The summed E-state index contributed by atoms with van der Waals surface area (Å²) in [5, 5.41) is 36.4. The van der Waals surface area contributed by atoms with Gasteiger partial charge in [-0.05, 0) is 31.1 Å². The Hall–Kier alpha value is -3.85. The highest BCUT2D eigenvalue weighted by Gasteiger charge is 2.83. The summed E-state index contributed by atoms with van der Waals surface area (Å²) < 4.78 is 36.1. The molecule has 268 valence electrons. The number of hydrogen-bond donors (Lipinski definition) is 3. The highest BCUT2D eigenvalue weighted by molar-refractivity contribution is 5.89. The number of aliphatic hydroxyl groups is 3. The van der Waals surface area contributed by atoms with E-state index in [0.29, 0.717) is 0 Å². The van der Waals surface area contributed by atoms with Crippen LogP contribution in [0.25, 0.3) is 0 Å². The van der Waals surface area contributed by atoms with Gasteiger partial charge in [-0.1, -0.05) is 31.7 Å². The Labute approximate surface area is 283 Å². The van der Waals surface area contributed by atoms with Crippen LogP contribution in [0.4, 0.5) is 0 Å². The Morgan fingerprint density at radius 1 is 0.857 bits per heavy atom. The van der Waals surface area contributed by atoms with Crippen LogP contribution in [0.1, 0.15) is 64.7 Å². The summed E-state index contributed by atoms with van der Waals surface area (Å²) in [7, 11) is 0. The van der Waals surface area contributed by atoms with E-state index in [1.165, 1.54) is 19.1 Å². The molecule has 3 aliphatic carbocycles. The molecule has 14 nitrogen and oxygen atoms in total. The van der Waals surface area contributed by atoms with Gasteiger partial charge in [0.2, 0.25) is 0 Å². The first-order chi connectivity index (χ1) is 22.8. The zero-order valence-corrected chi connectivity index (χ0v) is 28.4. The molecular formula is C35H44O14. The molecule has 49 heavy (non-hydrogen) atoms. The second-order valence-corrected chi connectivity index (χ2v) is 14.0. The number of rotatable bonds is 7. The smallest absolute Gasteiger partial charge is 0.338 e. The maximum atomic E-state index is 13.6. The zero-order chi connectivity index (χ0) is 36.3. The number of ether oxygens (including phenoxy) is 6. The van der Waals surface area contributed by atoms with Crippen molar-refractivity contribution in [3.8, 4) is 0 Å². The average molecular weight is 689 g/mol. The van der Waals surface area contributed by atoms with E-state index in [-0.39, 0.29) is 30.6 Å². The third-order valence-corrected chi connectivity index (χ3v) is 11.3. The fourth-order valence-corrected chi connectivity index (χ4v) is 9.08. The van der Waals surface area contributed by atoms with Crippen LogP contribution in [-0.2, 0) is 47.6 Å². The molecule has 4 aliphatic rings. The van der Waals surface area contributed by atoms with Crippen molar-refractivity contribution in [3.63, 3.8) is 0 Å². The van der Waals surface area contributed by atoms with Gasteiger partial charge in [0.1, 0.15) is 30.0 Å². The Kier molecular flexibility index (Phi) is 9.51. The molecule has 8 unspecified atom stereocenters. The minimum atomic E-state index is -2.38. The molecule has 0 spiro atoms. The lowest BCUT2D eigenvalue weighted by Crippen LogP contribution is -2.81. The number of fused-ring (bicyclic) bond motifs is 1. The normalized spacial score (nSPS) is 40.9. The van der Waals surface area contributed by atoms with Gasteiger partial charge >= 0.3 is 29.8 Å². The lowest BCUT2D eigenvalue weighted by Gasteiger charge is -2.66. The molecule has 1 aromatic rings. The molecule has 12 atom stereocenters. The van der Waals surface area contributed by atoms with Crippen LogP contribution in [0.5, 0.6) is 0 Å². The van der Waals surface area contributed by atoms with Crippen molar-refractivity contribution < 1.29 is 67.7 Å². The summed E-state index contributed by atoms with van der Waals surface area (Å²) in [6.45, 7) is 10.7. The molecule has 14 heteroatoms. The molecule has 1 aromatic carbocycles. The van der Waals surface area contributed by atoms with Gasteiger partial charge in [0.25, 0.3) is 0 Å². The van der Waals surface area contributed by atoms with E-state index < -0.39 is 107 Å². The van der Waals surface area contributed by atoms with E-state index in [2.05, 4.69) is 6.58 Å². The number of carbonyl (C=O) groups excluding carboxylic acids is 5. The van der Waals surface area contributed by atoms with Crippen LogP contribution < -0.4 is 0 Å². The third kappa shape index (κ3) is 5.53. The van der Waals surface area contributed by atoms with Crippen molar-refractivity contribution >= 4 is 29.8 Å². The molecule has 1 aliphatic heterocycles. The largest absolute Gasteiger partial charge is 0.462 e. The van der Waals surface area contributed by atoms with Gasteiger partial charge in [-0.25, -0.2) is 4.79 Å². The van der Waals surface area contributed by atoms with Gasteiger partial charge in [-0.15, -0.1) is 0 Å². The fourth-order valence-electron chi connectivity index (χ4n) is 9.08. The van der Waals surface area contributed by atoms with Crippen molar-refractivity contribution in [2.24, 2.45) is 22.7 Å².